The number of fused-ring (bicyclic) bond motifs is 1. The number of carbonyl (C=O) groups excluding carboxylic acids is 1. The Balaban J connectivity index is 1.47. The zero-order valence-corrected chi connectivity index (χ0v) is 22.6. The summed E-state index contributed by atoms with van der Waals surface area (Å²) in [6.07, 6.45) is 4.89. The molecule has 0 radical (unpaired) electrons. The van der Waals surface area contributed by atoms with Gasteiger partial charge in [-0.1, -0.05) is 12.6 Å². The molecule has 0 spiro atoms. The molecule has 196 valence electrons. The maximum absolute atomic E-state index is 12.3. The van der Waals surface area contributed by atoms with Crippen molar-refractivity contribution in [3.63, 3.8) is 0 Å². The molecule has 9 nitrogen and oxygen atoms in total. The quantitative estimate of drug-likeness (QED) is 0.302. The number of nitrogens with one attached hydrogen (secondary N) is 2. The van der Waals surface area contributed by atoms with Gasteiger partial charge in [0.15, 0.2) is 0 Å². The van der Waals surface area contributed by atoms with Crippen LogP contribution in [0.5, 0.6) is 5.75 Å². The molecule has 0 bridgehead atoms. The number of anilines is 4. The fourth-order valence-corrected chi connectivity index (χ4v) is 5.44. The van der Waals surface area contributed by atoms with Crippen LogP contribution in [0.3, 0.4) is 0 Å². The van der Waals surface area contributed by atoms with Gasteiger partial charge < -0.3 is 25.2 Å². The molecule has 2 N–H and O–H groups in total. The van der Waals surface area contributed by atoms with Gasteiger partial charge in [-0.25, -0.2) is 15.0 Å². The lowest BCUT2D eigenvalue weighted by Crippen LogP contribution is -2.42. The third kappa shape index (κ3) is 5.46. The number of aromatic nitrogens is 3. The van der Waals surface area contributed by atoms with Crippen molar-refractivity contribution in [1.29, 1.82) is 0 Å². The monoisotopic (exact) mass is 529 g/mol. The second-order valence-electron chi connectivity index (χ2n) is 9.36. The minimum Gasteiger partial charge on any atom is -0.494 e. The van der Waals surface area contributed by atoms with E-state index in [9.17, 15) is 4.79 Å². The van der Waals surface area contributed by atoms with Crippen molar-refractivity contribution >= 4 is 50.3 Å². The highest BCUT2D eigenvalue weighted by molar-refractivity contribution is 7.16. The first-order chi connectivity index (χ1) is 18.4. The van der Waals surface area contributed by atoms with Crippen molar-refractivity contribution in [2.75, 3.05) is 49.8 Å². The first kappa shape index (κ1) is 25.6. The van der Waals surface area contributed by atoms with Gasteiger partial charge in [-0.2, -0.15) is 0 Å². The van der Waals surface area contributed by atoms with Crippen molar-refractivity contribution in [1.82, 2.24) is 19.9 Å². The summed E-state index contributed by atoms with van der Waals surface area (Å²) < 4.78 is 6.88. The molecule has 0 aliphatic carbocycles. The van der Waals surface area contributed by atoms with Crippen LogP contribution < -0.4 is 20.3 Å². The topological polar surface area (TPSA) is 95.5 Å². The Morgan fingerprint density at radius 1 is 1.16 bits per heavy atom. The van der Waals surface area contributed by atoms with Crippen LogP contribution in [0.1, 0.15) is 12.8 Å². The van der Waals surface area contributed by atoms with E-state index in [1.54, 1.807) is 18.4 Å². The van der Waals surface area contributed by atoms with E-state index in [-0.39, 0.29) is 5.91 Å². The largest absolute Gasteiger partial charge is 0.494 e. The van der Waals surface area contributed by atoms with E-state index in [1.165, 1.54) is 12.4 Å². The predicted octanol–water partition coefficient (Wildman–Crippen LogP) is 5.16. The van der Waals surface area contributed by atoms with E-state index >= 15 is 0 Å². The second-order valence-corrected chi connectivity index (χ2v) is 10.2. The number of likely N-dealkylation sites (tertiary alicyclic amines) is 1. The van der Waals surface area contributed by atoms with Crippen LogP contribution in [-0.4, -0.2) is 66.1 Å². The third-order valence-corrected chi connectivity index (χ3v) is 7.73. The van der Waals surface area contributed by atoms with Gasteiger partial charge in [0.2, 0.25) is 5.91 Å². The molecule has 3 heterocycles. The number of benzene rings is 2. The Kier molecular flexibility index (Phi) is 7.52. The Bertz CT molecular complexity index is 1460. The number of amides is 1. The van der Waals surface area contributed by atoms with Gasteiger partial charge in [0.1, 0.15) is 17.9 Å². The summed E-state index contributed by atoms with van der Waals surface area (Å²) in [5, 5.41) is 6.34. The highest BCUT2D eigenvalue weighted by Gasteiger charge is 2.24. The molecular weight excluding hydrogens is 498 g/mol. The molecule has 4 aromatic rings. The molecule has 10 heteroatoms. The van der Waals surface area contributed by atoms with E-state index in [0.29, 0.717) is 29.0 Å². The van der Waals surface area contributed by atoms with E-state index in [4.69, 9.17) is 4.74 Å². The molecule has 0 atom stereocenters. The summed E-state index contributed by atoms with van der Waals surface area (Å²) in [6.45, 7) is 5.68. The van der Waals surface area contributed by atoms with E-state index in [1.807, 2.05) is 35.8 Å². The summed E-state index contributed by atoms with van der Waals surface area (Å²) in [5.41, 5.74) is 6.81. The minimum atomic E-state index is -0.276. The zero-order valence-electron chi connectivity index (χ0n) is 21.8. The van der Waals surface area contributed by atoms with Gasteiger partial charge >= 0.3 is 0 Å². The molecule has 0 saturated carbocycles. The van der Waals surface area contributed by atoms with Crippen molar-refractivity contribution in [2.24, 2.45) is 0 Å². The number of carbonyl (C=O) groups is 1. The summed E-state index contributed by atoms with van der Waals surface area (Å²) in [6, 6.07) is 12.2. The number of piperidine rings is 1. The Hall–Kier alpha value is -4.02. The average Bonchev–Trinajstić information content (AvgIpc) is 3.41. The molecule has 5 rings (SSSR count). The maximum atomic E-state index is 12.3. The molecule has 0 unspecified atom stereocenters. The van der Waals surface area contributed by atoms with E-state index < -0.39 is 0 Å². The second kappa shape index (κ2) is 11.2. The summed E-state index contributed by atoms with van der Waals surface area (Å²) >= 11 is 1.60. The molecule has 2 aromatic carbocycles. The van der Waals surface area contributed by atoms with Crippen LogP contribution in [-0.2, 0) is 4.79 Å². The normalized spacial score (nSPS) is 14.3. The number of hydrogen-bond acceptors (Lipinski definition) is 9. The van der Waals surface area contributed by atoms with Gasteiger partial charge in [0, 0.05) is 30.8 Å². The van der Waals surface area contributed by atoms with Gasteiger partial charge in [-0.15, -0.1) is 11.3 Å². The Labute approximate surface area is 226 Å². The fraction of sp³-hybridized carbons (Fsp3) is 0.286. The summed E-state index contributed by atoms with van der Waals surface area (Å²) in [4.78, 5) is 30.2. The number of hydrogen-bond donors (Lipinski definition) is 2. The number of rotatable bonds is 8. The Morgan fingerprint density at radius 2 is 1.97 bits per heavy atom. The minimum absolute atomic E-state index is 0.276. The van der Waals surface area contributed by atoms with E-state index in [2.05, 4.69) is 62.1 Å². The van der Waals surface area contributed by atoms with Gasteiger partial charge in [0.25, 0.3) is 0 Å². The van der Waals surface area contributed by atoms with Crippen LogP contribution in [0.15, 0.2) is 60.9 Å². The van der Waals surface area contributed by atoms with Crippen LogP contribution in [0.4, 0.5) is 22.9 Å². The molecule has 1 amide bonds. The van der Waals surface area contributed by atoms with Crippen LogP contribution in [0.25, 0.3) is 21.5 Å². The fourth-order valence-electron chi connectivity index (χ4n) is 4.73. The van der Waals surface area contributed by atoms with Gasteiger partial charge in [0.05, 0.1) is 45.6 Å². The SMILES string of the molecule is C=CC(=O)Nc1cc(Nc2cc(-c3ccc4ncsc4c3)ncn2)c(OC)cc1N(C)C1CCN(C)CC1. The standard InChI is InChI=1S/C28H31N7O2S/c1-5-28(36)33-22-13-23(25(37-4)15-24(22)35(3)19-8-10-34(2)11-9-19)32-27-14-21(29-16-30-27)18-6-7-20-26(12-18)38-17-31-20/h5-7,12-17,19H,1,8-11H2,2-4H3,(H,33,36)(H,29,30,32). The smallest absolute Gasteiger partial charge is 0.247 e. The van der Waals surface area contributed by atoms with Crippen LogP contribution in [0.2, 0.25) is 0 Å². The van der Waals surface area contributed by atoms with E-state index in [0.717, 1.165) is 53.1 Å². The molecule has 1 saturated heterocycles. The zero-order chi connectivity index (χ0) is 26.6. The average molecular weight is 530 g/mol. The van der Waals surface area contributed by atoms with Gasteiger partial charge in [-0.3, -0.25) is 4.79 Å². The van der Waals surface area contributed by atoms with Crippen LogP contribution >= 0.6 is 11.3 Å². The first-order valence-electron chi connectivity index (χ1n) is 12.4. The summed E-state index contributed by atoms with van der Waals surface area (Å²) in [5.74, 6) is 0.972. The molecule has 2 aromatic heterocycles. The molecule has 38 heavy (non-hydrogen) atoms. The number of ether oxygens (including phenoxy) is 1. The predicted molar refractivity (Wildman–Crippen MR) is 155 cm³/mol. The molecule has 1 aliphatic rings. The number of nitrogens with zero attached hydrogens (tertiary/aromatic N) is 5. The maximum Gasteiger partial charge on any atom is 0.247 e. The summed E-state index contributed by atoms with van der Waals surface area (Å²) in [7, 11) is 5.85. The van der Waals surface area contributed by atoms with Crippen molar-refractivity contribution < 1.29 is 9.53 Å². The van der Waals surface area contributed by atoms with Crippen molar-refractivity contribution in [3.05, 3.63) is 60.9 Å². The lowest BCUT2D eigenvalue weighted by atomic mass is 10.0. The molecular formula is C28H31N7O2S. The van der Waals surface area contributed by atoms with Crippen molar-refractivity contribution in [3.8, 4) is 17.0 Å². The number of methoxy groups -OCH3 is 1. The highest BCUT2D eigenvalue weighted by atomic mass is 32.1. The van der Waals surface area contributed by atoms with Crippen LogP contribution in [0, 0.1) is 0 Å². The number of thiazole rings is 1. The van der Waals surface area contributed by atoms with Gasteiger partial charge in [-0.05, 0) is 57.3 Å². The molecule has 1 fully saturated rings. The first-order valence-corrected chi connectivity index (χ1v) is 13.3. The molecule has 1 aliphatic heterocycles. The third-order valence-electron chi connectivity index (χ3n) is 6.93. The highest BCUT2D eigenvalue weighted by Crippen LogP contribution is 2.39. The van der Waals surface area contributed by atoms with Crippen molar-refractivity contribution in [2.45, 2.75) is 18.9 Å². The Morgan fingerprint density at radius 3 is 2.74 bits per heavy atom. The lowest BCUT2D eigenvalue weighted by Gasteiger charge is -2.37. The lowest BCUT2D eigenvalue weighted by molar-refractivity contribution is -0.111.